The lowest BCUT2D eigenvalue weighted by Gasteiger charge is -2.47. The van der Waals surface area contributed by atoms with E-state index < -0.39 is 0 Å². The van der Waals surface area contributed by atoms with Crippen molar-refractivity contribution in [1.29, 1.82) is 0 Å². The van der Waals surface area contributed by atoms with Gasteiger partial charge in [-0.25, -0.2) is 0 Å². The molecule has 0 unspecified atom stereocenters. The van der Waals surface area contributed by atoms with Crippen LogP contribution in [0.5, 0.6) is 11.5 Å². The number of fused-ring (bicyclic) bond motifs is 1. The van der Waals surface area contributed by atoms with Crippen molar-refractivity contribution in [2.45, 2.75) is 38.4 Å². The molecular formula is C27H28ClN3O2. The van der Waals surface area contributed by atoms with E-state index in [2.05, 4.69) is 33.0 Å². The first kappa shape index (κ1) is 21.9. The zero-order valence-corrected chi connectivity index (χ0v) is 19.3. The summed E-state index contributed by atoms with van der Waals surface area (Å²) in [5, 5.41) is 0.697. The topological polar surface area (TPSA) is 45.7 Å². The molecule has 0 aliphatic carbocycles. The van der Waals surface area contributed by atoms with Crippen LogP contribution in [0.4, 0.5) is 0 Å². The van der Waals surface area contributed by atoms with E-state index in [-0.39, 0.29) is 5.91 Å². The van der Waals surface area contributed by atoms with Gasteiger partial charge in [0.1, 0.15) is 11.5 Å². The maximum absolute atomic E-state index is 12.7. The van der Waals surface area contributed by atoms with Gasteiger partial charge in [0.15, 0.2) is 0 Å². The molecule has 2 saturated heterocycles. The maximum atomic E-state index is 12.7. The van der Waals surface area contributed by atoms with E-state index in [1.807, 2.05) is 48.7 Å². The Hall–Kier alpha value is -2.89. The van der Waals surface area contributed by atoms with Gasteiger partial charge in [0.25, 0.3) is 0 Å². The van der Waals surface area contributed by atoms with Gasteiger partial charge < -0.3 is 9.64 Å². The standard InChI is InChI=1S/C27H28ClN3O2/c28-23-7-9-24(10-8-23)33-25-5-1-3-20(15-25)17-30-14-12-26-22(19-30)6-11-27(32)31(26)18-21-4-2-13-29-16-21/h1-5,7-10,13,15-16,22,26H,6,11-12,14,17-19H2/t22-,26+/m1/s1. The number of carbonyl (C=O) groups excluding carboxylic acids is 1. The number of piperidine rings is 2. The van der Waals surface area contributed by atoms with Crippen LogP contribution in [0.3, 0.4) is 0 Å². The first-order chi connectivity index (χ1) is 16.1. The molecule has 0 radical (unpaired) electrons. The van der Waals surface area contributed by atoms with Crippen LogP contribution >= 0.6 is 11.6 Å². The Morgan fingerprint density at radius 2 is 1.82 bits per heavy atom. The number of nitrogens with zero attached hydrogens (tertiary/aromatic N) is 3. The Labute approximate surface area is 200 Å². The molecule has 6 heteroatoms. The van der Waals surface area contributed by atoms with Crippen molar-refractivity contribution in [3.63, 3.8) is 0 Å². The Bertz CT molecular complexity index is 1090. The second kappa shape index (κ2) is 9.94. The molecule has 1 aromatic heterocycles. The number of likely N-dealkylation sites (tertiary alicyclic amines) is 2. The summed E-state index contributed by atoms with van der Waals surface area (Å²) in [6, 6.07) is 20.0. The number of hydrogen-bond acceptors (Lipinski definition) is 4. The zero-order chi connectivity index (χ0) is 22.6. The van der Waals surface area contributed by atoms with E-state index in [4.69, 9.17) is 16.3 Å². The van der Waals surface area contributed by atoms with Gasteiger partial charge >= 0.3 is 0 Å². The molecule has 33 heavy (non-hydrogen) atoms. The van der Waals surface area contributed by atoms with Gasteiger partial charge in [-0.15, -0.1) is 0 Å². The van der Waals surface area contributed by atoms with E-state index in [0.29, 0.717) is 29.9 Å². The van der Waals surface area contributed by atoms with Crippen LogP contribution in [0.25, 0.3) is 0 Å². The molecule has 5 nitrogen and oxygen atoms in total. The van der Waals surface area contributed by atoms with Gasteiger partial charge in [0.2, 0.25) is 5.91 Å². The number of ether oxygens (including phenoxy) is 1. The van der Waals surface area contributed by atoms with Crippen LogP contribution in [-0.4, -0.2) is 39.8 Å². The molecule has 2 aliphatic heterocycles. The molecule has 3 aromatic rings. The minimum atomic E-state index is 0.278. The first-order valence-corrected chi connectivity index (χ1v) is 11.9. The number of rotatable bonds is 6. The third-order valence-electron chi connectivity index (χ3n) is 6.66. The third-order valence-corrected chi connectivity index (χ3v) is 6.91. The fourth-order valence-corrected chi connectivity index (χ4v) is 5.19. The lowest BCUT2D eigenvalue weighted by atomic mass is 9.83. The lowest BCUT2D eigenvalue weighted by Crippen LogP contribution is -2.55. The normalized spacial score (nSPS) is 21.0. The van der Waals surface area contributed by atoms with Crippen molar-refractivity contribution in [2.24, 2.45) is 5.92 Å². The van der Waals surface area contributed by atoms with Crippen LogP contribution < -0.4 is 4.74 Å². The van der Waals surface area contributed by atoms with Gasteiger partial charge in [-0.05, 0) is 72.4 Å². The van der Waals surface area contributed by atoms with Gasteiger partial charge in [-0.3, -0.25) is 14.7 Å². The summed E-state index contributed by atoms with van der Waals surface area (Å²) in [6.07, 6.45) is 6.27. The van der Waals surface area contributed by atoms with Crippen LogP contribution in [0.1, 0.15) is 30.4 Å². The molecule has 3 heterocycles. The number of pyridine rings is 1. The third kappa shape index (κ3) is 5.37. The van der Waals surface area contributed by atoms with Crippen LogP contribution in [0.2, 0.25) is 5.02 Å². The van der Waals surface area contributed by atoms with E-state index in [1.54, 1.807) is 6.20 Å². The summed E-state index contributed by atoms with van der Waals surface area (Å²) in [7, 11) is 0. The number of benzene rings is 2. The minimum absolute atomic E-state index is 0.278. The molecule has 1 amide bonds. The predicted octanol–water partition coefficient (Wildman–Crippen LogP) is 5.54. The summed E-state index contributed by atoms with van der Waals surface area (Å²) < 4.78 is 6.01. The zero-order valence-electron chi connectivity index (χ0n) is 18.6. The van der Waals surface area contributed by atoms with Crippen LogP contribution in [0, 0.1) is 5.92 Å². The largest absolute Gasteiger partial charge is 0.457 e. The number of halogens is 1. The molecule has 5 rings (SSSR count). The smallest absolute Gasteiger partial charge is 0.223 e. The highest BCUT2D eigenvalue weighted by Crippen LogP contribution is 2.33. The van der Waals surface area contributed by atoms with E-state index in [1.165, 1.54) is 5.56 Å². The molecule has 0 saturated carbocycles. The molecule has 0 spiro atoms. The minimum Gasteiger partial charge on any atom is -0.457 e. The van der Waals surface area contributed by atoms with E-state index in [0.717, 1.165) is 49.5 Å². The highest BCUT2D eigenvalue weighted by Gasteiger charge is 2.39. The molecule has 0 bridgehead atoms. The van der Waals surface area contributed by atoms with E-state index >= 15 is 0 Å². The molecule has 2 fully saturated rings. The van der Waals surface area contributed by atoms with Crippen LogP contribution in [0.15, 0.2) is 73.1 Å². The fourth-order valence-electron chi connectivity index (χ4n) is 5.07. The number of amides is 1. The summed E-state index contributed by atoms with van der Waals surface area (Å²) in [4.78, 5) is 21.5. The molecule has 2 aliphatic rings. The number of aromatic nitrogens is 1. The number of carbonyl (C=O) groups is 1. The maximum Gasteiger partial charge on any atom is 0.223 e. The van der Waals surface area contributed by atoms with Crippen molar-refractivity contribution in [2.75, 3.05) is 13.1 Å². The van der Waals surface area contributed by atoms with E-state index in [9.17, 15) is 4.79 Å². The highest BCUT2D eigenvalue weighted by molar-refractivity contribution is 6.30. The SMILES string of the molecule is O=C1CC[C@@H]2CN(Cc3cccc(Oc4ccc(Cl)cc4)c3)CC[C@@H]2N1Cc1cccnc1. The first-order valence-electron chi connectivity index (χ1n) is 11.6. The summed E-state index contributed by atoms with van der Waals surface area (Å²) in [5.41, 5.74) is 2.34. The second-order valence-corrected chi connectivity index (χ2v) is 9.41. The average Bonchev–Trinajstić information content (AvgIpc) is 2.83. The molecular weight excluding hydrogens is 434 g/mol. The second-order valence-electron chi connectivity index (χ2n) is 8.98. The predicted molar refractivity (Wildman–Crippen MR) is 129 cm³/mol. The Balaban J connectivity index is 1.21. The quantitative estimate of drug-likeness (QED) is 0.483. The number of hydrogen-bond donors (Lipinski definition) is 0. The van der Waals surface area contributed by atoms with Gasteiger partial charge in [-0.1, -0.05) is 29.8 Å². The van der Waals surface area contributed by atoms with Crippen molar-refractivity contribution in [3.05, 3.63) is 89.2 Å². The Morgan fingerprint density at radius 1 is 0.970 bits per heavy atom. The lowest BCUT2D eigenvalue weighted by molar-refractivity contribution is -0.142. The van der Waals surface area contributed by atoms with Crippen molar-refractivity contribution in [3.8, 4) is 11.5 Å². The van der Waals surface area contributed by atoms with Gasteiger partial charge in [0, 0.05) is 56.1 Å². The van der Waals surface area contributed by atoms with Crippen LogP contribution in [-0.2, 0) is 17.9 Å². The van der Waals surface area contributed by atoms with Crippen molar-refractivity contribution in [1.82, 2.24) is 14.8 Å². The van der Waals surface area contributed by atoms with Crippen molar-refractivity contribution >= 4 is 17.5 Å². The Morgan fingerprint density at radius 3 is 2.64 bits per heavy atom. The molecule has 2 aromatic carbocycles. The molecule has 170 valence electrons. The van der Waals surface area contributed by atoms with Gasteiger partial charge in [0.05, 0.1) is 0 Å². The molecule has 0 N–H and O–H groups in total. The monoisotopic (exact) mass is 461 g/mol. The van der Waals surface area contributed by atoms with Gasteiger partial charge in [-0.2, -0.15) is 0 Å². The summed E-state index contributed by atoms with van der Waals surface area (Å²) in [6.45, 7) is 3.56. The highest BCUT2D eigenvalue weighted by atomic mass is 35.5. The van der Waals surface area contributed by atoms with Crippen molar-refractivity contribution < 1.29 is 9.53 Å². The average molecular weight is 462 g/mol. The summed E-state index contributed by atoms with van der Waals surface area (Å²) >= 11 is 5.97. The fraction of sp³-hybridized carbons (Fsp3) is 0.333. The summed E-state index contributed by atoms with van der Waals surface area (Å²) in [5.74, 6) is 2.40. The Kier molecular flexibility index (Phi) is 6.60. The molecule has 2 atom stereocenters.